The molecule has 138 valence electrons. The summed E-state index contributed by atoms with van der Waals surface area (Å²) in [5.41, 5.74) is 4.36. The van der Waals surface area contributed by atoms with Gasteiger partial charge in [-0.15, -0.1) is 0 Å². The Morgan fingerprint density at radius 2 is 1.77 bits per heavy atom. The van der Waals surface area contributed by atoms with Gasteiger partial charge in [0.2, 0.25) is 0 Å². The summed E-state index contributed by atoms with van der Waals surface area (Å²) < 4.78 is 16.1. The van der Waals surface area contributed by atoms with E-state index in [4.69, 9.17) is 14.2 Å². The van der Waals surface area contributed by atoms with E-state index >= 15 is 0 Å². The lowest BCUT2D eigenvalue weighted by molar-refractivity contribution is -0.894. The second-order valence-electron chi connectivity index (χ2n) is 7.08. The SMILES string of the molecule is COc1cc2c3c(c1O)-c1c(ccc(OC)c1OC)C[C@H]3[N+](C)([O-])CC2. The monoisotopic (exact) mass is 357 g/mol. The fourth-order valence-corrected chi connectivity index (χ4v) is 4.40. The predicted molar refractivity (Wildman–Crippen MR) is 97.8 cm³/mol. The molecule has 0 amide bonds. The number of methoxy groups -OCH3 is 3. The minimum Gasteiger partial charge on any atom is -0.633 e. The molecule has 0 radical (unpaired) electrons. The van der Waals surface area contributed by atoms with Crippen LogP contribution in [-0.2, 0) is 12.8 Å². The van der Waals surface area contributed by atoms with Crippen molar-refractivity contribution in [1.82, 2.24) is 0 Å². The molecule has 0 spiro atoms. The van der Waals surface area contributed by atoms with E-state index in [0.29, 0.717) is 42.2 Å². The van der Waals surface area contributed by atoms with Gasteiger partial charge in [-0.2, -0.15) is 0 Å². The number of likely N-dealkylation sites (N-methyl/N-ethyl adjacent to an activating group) is 1. The van der Waals surface area contributed by atoms with Crippen molar-refractivity contribution in [2.75, 3.05) is 34.9 Å². The molecule has 0 aromatic heterocycles. The number of phenolic OH excluding ortho intramolecular Hbond substituents is 1. The Bertz CT molecular complexity index is 891. The van der Waals surface area contributed by atoms with Gasteiger partial charge in [-0.3, -0.25) is 0 Å². The summed E-state index contributed by atoms with van der Waals surface area (Å²) in [4.78, 5) is 0. The van der Waals surface area contributed by atoms with Crippen LogP contribution in [0, 0.1) is 5.21 Å². The summed E-state index contributed by atoms with van der Waals surface area (Å²) in [6.45, 7) is 0.508. The lowest BCUT2D eigenvalue weighted by atomic mass is 9.76. The van der Waals surface area contributed by atoms with Crippen LogP contribution in [0.15, 0.2) is 18.2 Å². The van der Waals surface area contributed by atoms with Gasteiger partial charge in [0.25, 0.3) is 0 Å². The van der Waals surface area contributed by atoms with E-state index in [1.54, 1.807) is 21.3 Å². The van der Waals surface area contributed by atoms with Crippen LogP contribution in [0.4, 0.5) is 0 Å². The van der Waals surface area contributed by atoms with E-state index in [0.717, 1.165) is 22.3 Å². The molecule has 6 heteroatoms. The lowest BCUT2D eigenvalue weighted by Gasteiger charge is -2.51. The summed E-state index contributed by atoms with van der Waals surface area (Å²) in [5, 5.41) is 24.1. The quantitative estimate of drug-likeness (QED) is 0.675. The van der Waals surface area contributed by atoms with Crippen molar-refractivity contribution in [2.24, 2.45) is 0 Å². The molecule has 0 bridgehead atoms. The lowest BCUT2D eigenvalue weighted by Crippen LogP contribution is -2.48. The van der Waals surface area contributed by atoms with Gasteiger partial charge in [-0.1, -0.05) is 6.07 Å². The number of nitrogens with zero attached hydrogens (tertiary/aromatic N) is 1. The number of rotatable bonds is 3. The molecule has 0 saturated heterocycles. The number of phenols is 1. The third kappa shape index (κ3) is 2.19. The minimum absolute atomic E-state index is 0.0469. The molecule has 0 saturated carbocycles. The number of quaternary nitrogens is 1. The van der Waals surface area contributed by atoms with E-state index in [1.165, 1.54) is 7.11 Å². The summed E-state index contributed by atoms with van der Waals surface area (Å²) in [6.07, 6.45) is 1.25. The highest BCUT2D eigenvalue weighted by Gasteiger charge is 2.42. The molecule has 2 atom stereocenters. The second kappa shape index (κ2) is 5.79. The van der Waals surface area contributed by atoms with E-state index in [-0.39, 0.29) is 16.4 Å². The van der Waals surface area contributed by atoms with Gasteiger partial charge in [0, 0.05) is 29.5 Å². The summed E-state index contributed by atoms with van der Waals surface area (Å²) in [5.74, 6) is 1.62. The maximum atomic E-state index is 13.2. The number of hydroxylamine groups is 3. The fraction of sp³-hybridized carbons (Fsp3) is 0.400. The second-order valence-corrected chi connectivity index (χ2v) is 7.08. The molecule has 2 aromatic carbocycles. The van der Waals surface area contributed by atoms with Crippen molar-refractivity contribution in [1.29, 1.82) is 0 Å². The summed E-state index contributed by atoms with van der Waals surface area (Å²) in [6, 6.07) is 5.40. The largest absolute Gasteiger partial charge is 0.633 e. The zero-order valence-corrected chi connectivity index (χ0v) is 15.5. The number of hydrogen-bond donors (Lipinski definition) is 1. The Kier molecular flexibility index (Phi) is 3.78. The number of fused-ring (bicyclic) bond motifs is 2. The Morgan fingerprint density at radius 3 is 2.42 bits per heavy atom. The molecule has 1 aliphatic heterocycles. The van der Waals surface area contributed by atoms with Crippen molar-refractivity contribution in [3.05, 3.63) is 40.1 Å². The van der Waals surface area contributed by atoms with Crippen LogP contribution in [0.25, 0.3) is 11.1 Å². The van der Waals surface area contributed by atoms with E-state index in [9.17, 15) is 10.3 Å². The van der Waals surface area contributed by atoms with E-state index < -0.39 is 0 Å². The molecular formula is C20H23NO5. The molecule has 26 heavy (non-hydrogen) atoms. The Labute approximate surface area is 152 Å². The fourth-order valence-electron chi connectivity index (χ4n) is 4.40. The third-order valence-corrected chi connectivity index (χ3v) is 5.72. The molecule has 2 aliphatic rings. The van der Waals surface area contributed by atoms with Crippen LogP contribution in [0.3, 0.4) is 0 Å². The van der Waals surface area contributed by atoms with Crippen molar-refractivity contribution < 1.29 is 24.0 Å². The van der Waals surface area contributed by atoms with Crippen molar-refractivity contribution >= 4 is 0 Å². The van der Waals surface area contributed by atoms with Crippen LogP contribution in [0.2, 0.25) is 0 Å². The first-order chi connectivity index (χ1) is 12.4. The normalized spacial score (nSPS) is 23.0. The van der Waals surface area contributed by atoms with Crippen molar-refractivity contribution in [3.63, 3.8) is 0 Å². The van der Waals surface area contributed by atoms with Gasteiger partial charge in [-0.05, 0) is 23.3 Å². The molecule has 1 heterocycles. The van der Waals surface area contributed by atoms with Gasteiger partial charge in [0.05, 0.1) is 34.9 Å². The molecule has 4 rings (SSSR count). The summed E-state index contributed by atoms with van der Waals surface area (Å²) in [7, 11) is 6.42. The first-order valence-electron chi connectivity index (χ1n) is 8.66. The molecule has 2 aromatic rings. The van der Waals surface area contributed by atoms with Gasteiger partial charge in [-0.25, -0.2) is 0 Å². The number of ether oxygens (including phenoxy) is 3. The van der Waals surface area contributed by atoms with E-state index in [2.05, 4.69) is 0 Å². The molecule has 6 nitrogen and oxygen atoms in total. The van der Waals surface area contributed by atoms with Crippen molar-refractivity contribution in [3.8, 4) is 34.1 Å². The molecular weight excluding hydrogens is 334 g/mol. The van der Waals surface area contributed by atoms with Gasteiger partial charge in [0.1, 0.15) is 6.04 Å². The third-order valence-electron chi connectivity index (χ3n) is 5.72. The Hall–Kier alpha value is -2.44. The highest BCUT2D eigenvalue weighted by atomic mass is 16.5. The average Bonchev–Trinajstić information content (AvgIpc) is 2.64. The minimum atomic E-state index is -0.348. The molecule has 1 aliphatic carbocycles. The van der Waals surface area contributed by atoms with Crippen LogP contribution in [0.1, 0.15) is 22.7 Å². The van der Waals surface area contributed by atoms with Crippen LogP contribution in [0.5, 0.6) is 23.0 Å². The van der Waals surface area contributed by atoms with Crippen LogP contribution < -0.4 is 14.2 Å². The summed E-state index contributed by atoms with van der Waals surface area (Å²) >= 11 is 0. The maximum Gasteiger partial charge on any atom is 0.168 e. The van der Waals surface area contributed by atoms with Gasteiger partial charge < -0.3 is 29.2 Å². The average molecular weight is 357 g/mol. The molecule has 1 N–H and O–H groups in total. The van der Waals surface area contributed by atoms with Crippen LogP contribution >= 0.6 is 0 Å². The highest BCUT2D eigenvalue weighted by molar-refractivity contribution is 5.88. The molecule has 0 fully saturated rings. The number of aromatic hydroxyl groups is 1. The van der Waals surface area contributed by atoms with E-state index in [1.807, 2.05) is 18.2 Å². The first-order valence-corrected chi connectivity index (χ1v) is 8.66. The Morgan fingerprint density at radius 1 is 1.04 bits per heavy atom. The predicted octanol–water partition coefficient (Wildman–Crippen LogP) is 3.18. The standard InChI is InChI=1S/C20H23NO5/c1-21(23)8-7-12-10-15(25-3)19(22)18-16(12)13(21)9-11-5-6-14(24-2)20(26-4)17(11)18/h5-6,10,13,22H,7-9H2,1-4H3/t13-,21?/m1/s1. The molecule has 1 unspecified atom stereocenters. The van der Waals surface area contributed by atoms with Gasteiger partial charge >= 0.3 is 0 Å². The van der Waals surface area contributed by atoms with Crippen LogP contribution in [-0.4, -0.2) is 44.7 Å². The zero-order valence-electron chi connectivity index (χ0n) is 15.5. The smallest absolute Gasteiger partial charge is 0.168 e. The number of benzene rings is 2. The van der Waals surface area contributed by atoms with Gasteiger partial charge in [0.15, 0.2) is 23.0 Å². The maximum absolute atomic E-state index is 13.2. The zero-order chi connectivity index (χ0) is 18.6. The Balaban J connectivity index is 2.12. The number of hydrogen-bond acceptors (Lipinski definition) is 5. The highest BCUT2D eigenvalue weighted by Crippen LogP contribution is 2.57. The van der Waals surface area contributed by atoms with Crippen molar-refractivity contribution in [2.45, 2.75) is 18.9 Å². The topological polar surface area (TPSA) is 71.0 Å². The first kappa shape index (κ1) is 17.0.